The molecule has 0 unspecified atom stereocenters. The van der Waals surface area contributed by atoms with E-state index in [0.717, 1.165) is 19.0 Å². The summed E-state index contributed by atoms with van der Waals surface area (Å²) >= 11 is 8.06. The second-order valence-corrected chi connectivity index (χ2v) is 5.42. The molecule has 2 rings (SSSR count). The topological polar surface area (TPSA) is 37.3 Å². The Morgan fingerprint density at radius 3 is 2.71 bits per heavy atom. The van der Waals surface area contributed by atoms with E-state index in [1.54, 1.807) is 6.07 Å². The molecule has 14 heavy (non-hydrogen) atoms. The average Bonchev–Trinajstić information content (AvgIpc) is 2.56. The largest absolute Gasteiger partial charge is 0.477 e. The normalized spacial score (nSPS) is 10.7. The van der Waals surface area contributed by atoms with Gasteiger partial charge in [-0.15, -0.1) is 11.3 Å². The number of aromatic carboxylic acids is 1. The van der Waals surface area contributed by atoms with Gasteiger partial charge in [0.25, 0.3) is 0 Å². The van der Waals surface area contributed by atoms with Gasteiger partial charge in [-0.1, -0.05) is 0 Å². The number of halogens is 2. The van der Waals surface area contributed by atoms with Crippen molar-refractivity contribution in [2.75, 3.05) is 0 Å². The summed E-state index contributed by atoms with van der Waals surface area (Å²) in [6.45, 7) is 0. The molecule has 0 bridgehead atoms. The summed E-state index contributed by atoms with van der Waals surface area (Å²) in [4.78, 5) is 11.1. The molecule has 0 aliphatic rings. The lowest BCUT2D eigenvalue weighted by atomic mass is 10.2. The number of benzene rings is 1. The second-order valence-electron chi connectivity index (χ2n) is 2.69. The Morgan fingerprint density at radius 2 is 2.07 bits per heavy atom. The highest BCUT2D eigenvalue weighted by Crippen LogP contribution is 2.36. The fraction of sp³-hybridized carbons (Fsp3) is 0. The van der Waals surface area contributed by atoms with E-state index in [9.17, 15) is 4.79 Å². The van der Waals surface area contributed by atoms with Crippen LogP contribution in [0.1, 0.15) is 9.67 Å². The van der Waals surface area contributed by atoms with Crippen molar-refractivity contribution in [3.63, 3.8) is 0 Å². The summed E-state index contributed by atoms with van der Waals surface area (Å²) in [5.74, 6) is -0.880. The molecule has 0 atom stereocenters. The minimum atomic E-state index is -0.880. The molecule has 0 aliphatic heterocycles. The summed E-state index contributed by atoms with van der Waals surface area (Å²) in [5, 5.41) is 9.76. The number of fused-ring (bicyclic) bond motifs is 1. The van der Waals surface area contributed by atoms with E-state index in [1.165, 1.54) is 11.3 Å². The van der Waals surface area contributed by atoms with Crippen molar-refractivity contribution < 1.29 is 9.90 Å². The number of carboxylic acid groups (broad SMARTS) is 1. The Kier molecular flexibility index (Phi) is 2.64. The van der Waals surface area contributed by atoms with E-state index in [-0.39, 0.29) is 0 Å². The van der Waals surface area contributed by atoms with Crippen molar-refractivity contribution in [3.8, 4) is 0 Å². The predicted octanol–water partition coefficient (Wildman–Crippen LogP) is 4.12. The fourth-order valence-corrected chi connectivity index (χ4v) is 3.00. The summed E-state index contributed by atoms with van der Waals surface area (Å²) < 4.78 is 2.80. The van der Waals surface area contributed by atoms with Crippen molar-refractivity contribution in [1.82, 2.24) is 0 Å². The highest BCUT2D eigenvalue weighted by atomic mass is 79.9. The fourth-order valence-electron chi connectivity index (χ4n) is 1.16. The predicted molar refractivity (Wildman–Crippen MR) is 64.2 cm³/mol. The Labute approximate surface area is 101 Å². The molecule has 5 heteroatoms. The number of carbonyl (C=O) groups is 1. The van der Waals surface area contributed by atoms with Gasteiger partial charge in [-0.2, -0.15) is 0 Å². The molecule has 1 N–H and O–H groups in total. The van der Waals surface area contributed by atoms with Crippen LogP contribution in [0.5, 0.6) is 0 Å². The van der Waals surface area contributed by atoms with Crippen LogP contribution in [0.2, 0.25) is 0 Å². The summed E-state index contributed by atoms with van der Waals surface area (Å²) in [7, 11) is 0. The number of thiophene rings is 1. The van der Waals surface area contributed by atoms with Crippen LogP contribution >= 0.6 is 43.2 Å². The maximum Gasteiger partial charge on any atom is 0.345 e. The molecule has 72 valence electrons. The highest BCUT2D eigenvalue weighted by molar-refractivity contribution is 9.13. The number of hydrogen-bond acceptors (Lipinski definition) is 2. The summed E-state index contributed by atoms with van der Waals surface area (Å²) in [5.41, 5.74) is 0. The molecule has 0 fully saturated rings. The van der Waals surface area contributed by atoms with Gasteiger partial charge in [-0.3, -0.25) is 0 Å². The molecule has 0 aliphatic carbocycles. The van der Waals surface area contributed by atoms with Gasteiger partial charge in [0.2, 0.25) is 0 Å². The zero-order chi connectivity index (χ0) is 10.3. The van der Waals surface area contributed by atoms with Gasteiger partial charge in [0, 0.05) is 19.0 Å². The lowest BCUT2D eigenvalue weighted by molar-refractivity contribution is 0.0702. The first-order valence-electron chi connectivity index (χ1n) is 3.70. The first-order chi connectivity index (χ1) is 6.59. The Hall–Kier alpha value is -0.390. The van der Waals surface area contributed by atoms with E-state index in [4.69, 9.17) is 5.11 Å². The molecular weight excluding hydrogens is 332 g/mol. The monoisotopic (exact) mass is 334 g/mol. The van der Waals surface area contributed by atoms with Crippen LogP contribution in [0.15, 0.2) is 27.1 Å². The third-order valence-corrected chi connectivity index (χ3v) is 4.93. The standard InChI is InChI=1S/C9H4Br2O2S/c10-5-1-2-6-4(8(5)11)3-7(14-6)9(12)13/h1-3H,(H,12,13). The Balaban J connectivity index is 2.77. The van der Waals surface area contributed by atoms with E-state index in [2.05, 4.69) is 31.9 Å². The summed E-state index contributed by atoms with van der Waals surface area (Å²) in [6.07, 6.45) is 0. The zero-order valence-electron chi connectivity index (χ0n) is 6.75. The lowest BCUT2D eigenvalue weighted by Crippen LogP contribution is -1.89. The maximum absolute atomic E-state index is 10.8. The summed E-state index contributed by atoms with van der Waals surface area (Å²) in [6, 6.07) is 5.48. The minimum Gasteiger partial charge on any atom is -0.477 e. The molecule has 2 aromatic rings. The molecule has 2 nitrogen and oxygen atoms in total. The van der Waals surface area contributed by atoms with Gasteiger partial charge in [0.15, 0.2) is 0 Å². The highest BCUT2D eigenvalue weighted by Gasteiger charge is 2.11. The molecule has 0 saturated carbocycles. The van der Waals surface area contributed by atoms with Crippen LogP contribution in [0.4, 0.5) is 0 Å². The average molecular weight is 336 g/mol. The Bertz CT molecular complexity index is 519. The number of carboxylic acids is 1. The van der Waals surface area contributed by atoms with E-state index in [0.29, 0.717) is 4.88 Å². The van der Waals surface area contributed by atoms with Gasteiger partial charge in [-0.25, -0.2) is 4.79 Å². The van der Waals surface area contributed by atoms with Crippen LogP contribution in [-0.2, 0) is 0 Å². The van der Waals surface area contributed by atoms with Crippen molar-refractivity contribution in [3.05, 3.63) is 32.0 Å². The number of rotatable bonds is 1. The van der Waals surface area contributed by atoms with Gasteiger partial charge < -0.3 is 5.11 Å². The van der Waals surface area contributed by atoms with E-state index < -0.39 is 5.97 Å². The van der Waals surface area contributed by atoms with Gasteiger partial charge >= 0.3 is 5.97 Å². The van der Waals surface area contributed by atoms with Crippen molar-refractivity contribution in [2.45, 2.75) is 0 Å². The maximum atomic E-state index is 10.8. The second kappa shape index (κ2) is 3.64. The molecule has 1 aromatic heterocycles. The van der Waals surface area contributed by atoms with E-state index in [1.807, 2.05) is 12.1 Å². The van der Waals surface area contributed by atoms with Crippen LogP contribution in [0.25, 0.3) is 10.1 Å². The van der Waals surface area contributed by atoms with Crippen LogP contribution in [-0.4, -0.2) is 11.1 Å². The molecule has 0 amide bonds. The first kappa shape index (κ1) is 10.1. The van der Waals surface area contributed by atoms with Gasteiger partial charge in [0.1, 0.15) is 4.88 Å². The van der Waals surface area contributed by atoms with E-state index >= 15 is 0 Å². The smallest absolute Gasteiger partial charge is 0.345 e. The molecule has 0 spiro atoms. The van der Waals surface area contributed by atoms with Crippen LogP contribution in [0, 0.1) is 0 Å². The zero-order valence-corrected chi connectivity index (χ0v) is 10.7. The third kappa shape index (κ3) is 1.60. The molecule has 1 aromatic carbocycles. The Morgan fingerprint density at radius 1 is 1.36 bits per heavy atom. The molecule has 0 radical (unpaired) electrons. The van der Waals surface area contributed by atoms with Crippen molar-refractivity contribution in [2.24, 2.45) is 0 Å². The van der Waals surface area contributed by atoms with Crippen molar-refractivity contribution >= 4 is 59.3 Å². The third-order valence-electron chi connectivity index (χ3n) is 1.80. The minimum absolute atomic E-state index is 0.360. The first-order valence-corrected chi connectivity index (χ1v) is 6.10. The SMILES string of the molecule is O=C(O)c1cc2c(Br)c(Br)ccc2s1. The molecule has 1 heterocycles. The number of hydrogen-bond donors (Lipinski definition) is 1. The quantitative estimate of drug-likeness (QED) is 0.851. The van der Waals surface area contributed by atoms with Gasteiger partial charge in [-0.05, 0) is 50.1 Å². The van der Waals surface area contributed by atoms with Crippen LogP contribution < -0.4 is 0 Å². The van der Waals surface area contributed by atoms with Crippen molar-refractivity contribution in [1.29, 1.82) is 0 Å². The van der Waals surface area contributed by atoms with Crippen LogP contribution in [0.3, 0.4) is 0 Å². The molecule has 0 saturated heterocycles. The molecular formula is C9H4Br2O2S. The van der Waals surface area contributed by atoms with Gasteiger partial charge in [0.05, 0.1) is 0 Å². The lowest BCUT2D eigenvalue weighted by Gasteiger charge is -1.95.